The number of nitrogens with one attached hydrogen (secondary N) is 1. The summed E-state index contributed by atoms with van der Waals surface area (Å²) in [6.45, 7) is 5.74. The summed E-state index contributed by atoms with van der Waals surface area (Å²) >= 11 is 0. The third kappa shape index (κ3) is 5.05. The average Bonchev–Trinajstić information content (AvgIpc) is 2.53. The number of benzene rings is 1. The lowest BCUT2D eigenvalue weighted by molar-refractivity contribution is -0.123. The average molecular weight is 310 g/mol. The van der Waals surface area contributed by atoms with E-state index in [1.165, 1.54) is 18.2 Å². The Balaban J connectivity index is 1.75. The molecule has 1 amide bonds. The van der Waals surface area contributed by atoms with E-state index in [1.54, 1.807) is 6.07 Å². The van der Waals surface area contributed by atoms with Gasteiger partial charge in [0.2, 0.25) is 5.91 Å². The van der Waals surface area contributed by atoms with Gasteiger partial charge in [-0.3, -0.25) is 9.69 Å². The van der Waals surface area contributed by atoms with E-state index in [2.05, 4.69) is 17.1 Å². The quantitative estimate of drug-likeness (QED) is 0.825. The number of morpholine rings is 1. The number of aliphatic hydroxyl groups is 1. The Morgan fingerprint density at radius 2 is 2.18 bits per heavy atom. The molecule has 5 nitrogen and oxygen atoms in total. The number of carbonyl (C=O) groups is 1. The number of aliphatic hydroxyl groups excluding tert-OH is 1. The number of ether oxygens (including phenoxy) is 1. The highest BCUT2D eigenvalue weighted by atomic mass is 19.1. The standard InChI is InChI=1S/C16H23FN2O3/c1-12(19-5-7-22-8-6-19)11-18-16(21)10-15(20)13-3-2-4-14(17)9-13/h2-4,9,12,15,20H,5-8,10-11H2,1H3,(H,18,21). The highest BCUT2D eigenvalue weighted by molar-refractivity contribution is 5.76. The Kier molecular flexibility index (Phi) is 6.30. The van der Waals surface area contributed by atoms with E-state index in [1.807, 2.05) is 0 Å². The maximum absolute atomic E-state index is 13.1. The van der Waals surface area contributed by atoms with Crippen molar-refractivity contribution in [2.75, 3.05) is 32.8 Å². The summed E-state index contributed by atoms with van der Waals surface area (Å²) in [4.78, 5) is 14.1. The number of nitrogens with zero attached hydrogens (tertiary/aromatic N) is 1. The predicted octanol–water partition coefficient (Wildman–Crippen LogP) is 1.09. The van der Waals surface area contributed by atoms with Crippen LogP contribution in [0, 0.1) is 5.82 Å². The zero-order valence-corrected chi connectivity index (χ0v) is 12.8. The molecule has 1 fully saturated rings. The molecule has 0 spiro atoms. The van der Waals surface area contributed by atoms with E-state index < -0.39 is 11.9 Å². The van der Waals surface area contributed by atoms with Crippen LogP contribution in [0.15, 0.2) is 24.3 Å². The van der Waals surface area contributed by atoms with Gasteiger partial charge >= 0.3 is 0 Å². The van der Waals surface area contributed by atoms with Gasteiger partial charge < -0.3 is 15.2 Å². The summed E-state index contributed by atoms with van der Waals surface area (Å²) < 4.78 is 18.4. The van der Waals surface area contributed by atoms with E-state index in [-0.39, 0.29) is 18.4 Å². The second-order valence-electron chi connectivity index (χ2n) is 5.58. The van der Waals surface area contributed by atoms with E-state index in [4.69, 9.17) is 4.74 Å². The fourth-order valence-corrected chi connectivity index (χ4v) is 2.49. The number of amides is 1. The van der Waals surface area contributed by atoms with Crippen LogP contribution in [0.4, 0.5) is 4.39 Å². The van der Waals surface area contributed by atoms with Gasteiger partial charge in [-0.1, -0.05) is 12.1 Å². The molecule has 1 aliphatic heterocycles. The lowest BCUT2D eigenvalue weighted by Gasteiger charge is -2.32. The van der Waals surface area contributed by atoms with Gasteiger partial charge in [0.1, 0.15) is 5.82 Å². The molecule has 0 bridgehead atoms. The molecule has 0 aliphatic carbocycles. The van der Waals surface area contributed by atoms with E-state index in [0.29, 0.717) is 12.1 Å². The van der Waals surface area contributed by atoms with Gasteiger partial charge in [0.15, 0.2) is 0 Å². The van der Waals surface area contributed by atoms with Crippen molar-refractivity contribution in [1.82, 2.24) is 10.2 Å². The summed E-state index contributed by atoms with van der Waals surface area (Å²) in [5.41, 5.74) is 0.413. The smallest absolute Gasteiger partial charge is 0.223 e. The maximum atomic E-state index is 13.1. The van der Waals surface area contributed by atoms with Gasteiger partial charge in [-0.2, -0.15) is 0 Å². The minimum absolute atomic E-state index is 0.0702. The first-order chi connectivity index (χ1) is 10.6. The van der Waals surface area contributed by atoms with Gasteiger partial charge in [-0.25, -0.2) is 4.39 Å². The van der Waals surface area contributed by atoms with Crippen molar-refractivity contribution in [2.24, 2.45) is 0 Å². The predicted molar refractivity (Wildman–Crippen MR) is 80.8 cm³/mol. The van der Waals surface area contributed by atoms with Crippen molar-refractivity contribution < 1.29 is 19.0 Å². The molecule has 2 unspecified atom stereocenters. The molecule has 2 N–H and O–H groups in total. The van der Waals surface area contributed by atoms with E-state index in [9.17, 15) is 14.3 Å². The Labute approximate surface area is 130 Å². The SMILES string of the molecule is CC(CNC(=O)CC(O)c1cccc(F)c1)N1CCOCC1. The highest BCUT2D eigenvalue weighted by Crippen LogP contribution is 2.17. The summed E-state index contributed by atoms with van der Waals surface area (Å²) in [5, 5.41) is 12.8. The zero-order chi connectivity index (χ0) is 15.9. The molecule has 0 radical (unpaired) electrons. The minimum atomic E-state index is -0.991. The second kappa shape index (κ2) is 8.22. The van der Waals surface area contributed by atoms with Crippen molar-refractivity contribution >= 4 is 5.91 Å². The Bertz CT molecular complexity index is 492. The molecule has 1 aromatic carbocycles. The van der Waals surface area contributed by atoms with Crippen molar-refractivity contribution in [2.45, 2.75) is 25.5 Å². The van der Waals surface area contributed by atoms with Crippen LogP contribution in [0.2, 0.25) is 0 Å². The van der Waals surface area contributed by atoms with Gasteiger partial charge in [-0.15, -0.1) is 0 Å². The third-order valence-corrected chi connectivity index (χ3v) is 3.88. The molecular weight excluding hydrogens is 287 g/mol. The first-order valence-electron chi connectivity index (χ1n) is 7.58. The molecule has 122 valence electrons. The van der Waals surface area contributed by atoms with E-state index in [0.717, 1.165) is 26.3 Å². The topological polar surface area (TPSA) is 61.8 Å². The molecule has 1 aromatic rings. The van der Waals surface area contributed by atoms with Crippen LogP contribution >= 0.6 is 0 Å². The third-order valence-electron chi connectivity index (χ3n) is 3.88. The Morgan fingerprint density at radius 1 is 1.45 bits per heavy atom. The summed E-state index contributed by atoms with van der Waals surface area (Å²) in [6.07, 6.45) is -1.06. The highest BCUT2D eigenvalue weighted by Gasteiger charge is 2.18. The molecule has 22 heavy (non-hydrogen) atoms. The summed E-state index contributed by atoms with van der Waals surface area (Å²) in [7, 11) is 0. The fourth-order valence-electron chi connectivity index (χ4n) is 2.49. The number of halogens is 1. The monoisotopic (exact) mass is 310 g/mol. The molecule has 0 saturated carbocycles. The van der Waals surface area contributed by atoms with Crippen LogP contribution in [0.25, 0.3) is 0 Å². The molecule has 6 heteroatoms. The summed E-state index contributed by atoms with van der Waals surface area (Å²) in [5.74, 6) is -0.658. The largest absolute Gasteiger partial charge is 0.388 e. The fraction of sp³-hybridized carbons (Fsp3) is 0.562. The molecular formula is C16H23FN2O3. The summed E-state index contributed by atoms with van der Waals surface area (Å²) in [6, 6.07) is 5.90. The Hall–Kier alpha value is -1.50. The molecule has 2 rings (SSSR count). The first-order valence-corrected chi connectivity index (χ1v) is 7.58. The lowest BCUT2D eigenvalue weighted by Crippen LogP contribution is -2.47. The number of hydrogen-bond acceptors (Lipinski definition) is 4. The number of hydrogen-bond donors (Lipinski definition) is 2. The van der Waals surface area contributed by atoms with Crippen molar-refractivity contribution in [1.29, 1.82) is 0 Å². The minimum Gasteiger partial charge on any atom is -0.388 e. The van der Waals surface area contributed by atoms with Crippen LogP contribution < -0.4 is 5.32 Å². The van der Waals surface area contributed by atoms with E-state index >= 15 is 0 Å². The van der Waals surface area contributed by atoms with Crippen LogP contribution in [0.3, 0.4) is 0 Å². The molecule has 1 aliphatic rings. The van der Waals surface area contributed by atoms with Gasteiger partial charge in [0.05, 0.1) is 25.7 Å². The molecule has 2 atom stereocenters. The lowest BCUT2D eigenvalue weighted by atomic mass is 10.1. The zero-order valence-electron chi connectivity index (χ0n) is 12.8. The number of rotatable bonds is 6. The van der Waals surface area contributed by atoms with Crippen LogP contribution in [0.5, 0.6) is 0 Å². The van der Waals surface area contributed by atoms with Crippen molar-refractivity contribution in [3.05, 3.63) is 35.6 Å². The van der Waals surface area contributed by atoms with Crippen LogP contribution in [-0.4, -0.2) is 54.8 Å². The first kappa shape index (κ1) is 16.9. The van der Waals surface area contributed by atoms with Crippen LogP contribution in [0.1, 0.15) is 25.0 Å². The van der Waals surface area contributed by atoms with Gasteiger partial charge in [0.25, 0.3) is 0 Å². The van der Waals surface area contributed by atoms with Gasteiger partial charge in [-0.05, 0) is 24.6 Å². The number of carbonyl (C=O) groups excluding carboxylic acids is 1. The van der Waals surface area contributed by atoms with Crippen LogP contribution in [-0.2, 0) is 9.53 Å². The van der Waals surface area contributed by atoms with Crippen molar-refractivity contribution in [3.8, 4) is 0 Å². The molecule has 1 heterocycles. The van der Waals surface area contributed by atoms with Gasteiger partial charge in [0, 0.05) is 25.7 Å². The molecule has 1 saturated heterocycles. The Morgan fingerprint density at radius 3 is 2.86 bits per heavy atom. The van der Waals surface area contributed by atoms with Crippen molar-refractivity contribution in [3.63, 3.8) is 0 Å². The molecule has 0 aromatic heterocycles. The second-order valence-corrected chi connectivity index (χ2v) is 5.58. The maximum Gasteiger partial charge on any atom is 0.223 e. The normalized spacial score (nSPS) is 18.7.